The Labute approximate surface area is 344 Å². The first-order chi connectivity index (χ1) is 28.9. The molecule has 12 rings (SSSR count). The monoisotopic (exact) mass is 737 g/mol. The molecule has 0 unspecified atom stereocenters. The van der Waals surface area contributed by atoms with E-state index in [2.05, 4.69) is 114 Å². The van der Waals surface area contributed by atoms with Gasteiger partial charge in [0.05, 0.1) is 27.6 Å². The number of furan rings is 1. The number of rotatable bonds is 3. The summed E-state index contributed by atoms with van der Waals surface area (Å²) in [5.74, 6) is 0.521. The molecule has 0 aliphatic rings. The van der Waals surface area contributed by atoms with Crippen LogP contribution in [0.4, 0.5) is 0 Å². The van der Waals surface area contributed by atoms with Crippen LogP contribution in [0.1, 0.15) is 0 Å². The van der Waals surface area contributed by atoms with Gasteiger partial charge in [-0.1, -0.05) is 126 Å². The maximum atomic E-state index is 6.89. The summed E-state index contributed by atoms with van der Waals surface area (Å²) >= 11 is 0. The number of benzene rings is 9. The maximum Gasteiger partial charge on any atom is 0.235 e. The van der Waals surface area contributed by atoms with E-state index in [1.54, 1.807) is 0 Å². The first kappa shape index (κ1) is 34.1. The summed E-state index contributed by atoms with van der Waals surface area (Å²) in [4.78, 5) is 11.0. The largest absolute Gasteiger partial charge is 0.455 e. The van der Waals surface area contributed by atoms with Crippen molar-refractivity contribution in [2.24, 2.45) is 0 Å². The lowest BCUT2D eigenvalue weighted by Crippen LogP contribution is -2.55. The third kappa shape index (κ3) is 4.73. The van der Waals surface area contributed by atoms with Crippen molar-refractivity contribution in [3.05, 3.63) is 146 Å². The van der Waals surface area contributed by atoms with Crippen molar-refractivity contribution in [3.8, 4) is 28.3 Å². The Morgan fingerprint density at radius 1 is 0.441 bits per heavy atom. The Hall–Kier alpha value is -6.98. The maximum absolute atomic E-state index is 6.89. The molecule has 0 amide bonds. The summed E-state index contributed by atoms with van der Waals surface area (Å²) in [7, 11) is 32.0. The van der Waals surface area contributed by atoms with E-state index in [9.17, 15) is 0 Å². The fourth-order valence-electron chi connectivity index (χ4n) is 9.30. The van der Waals surface area contributed by atoms with Gasteiger partial charge in [0.2, 0.25) is 5.95 Å². The van der Waals surface area contributed by atoms with Crippen LogP contribution in [0.15, 0.2) is 150 Å². The van der Waals surface area contributed by atoms with Gasteiger partial charge in [0, 0.05) is 37.9 Å². The van der Waals surface area contributed by atoms with E-state index in [0.717, 1.165) is 98.4 Å². The summed E-state index contributed by atoms with van der Waals surface area (Å²) in [5, 5.41) is 11.7. The smallest absolute Gasteiger partial charge is 0.235 e. The molecule has 0 fully saturated rings. The van der Waals surface area contributed by atoms with E-state index in [-0.39, 0.29) is 27.3 Å². The van der Waals surface area contributed by atoms with Gasteiger partial charge in [0.1, 0.15) is 50.4 Å². The van der Waals surface area contributed by atoms with Crippen LogP contribution < -0.4 is 27.3 Å². The molecule has 0 aliphatic carbocycles. The molecule has 0 bridgehead atoms. The minimum atomic E-state index is 0.171. The van der Waals surface area contributed by atoms with Gasteiger partial charge in [0.15, 0.2) is 0 Å². The van der Waals surface area contributed by atoms with E-state index in [0.29, 0.717) is 11.5 Å². The Morgan fingerprint density at radius 2 is 1.05 bits per heavy atom. The molecule has 59 heavy (non-hydrogen) atoms. The van der Waals surface area contributed by atoms with Crippen LogP contribution in [0.2, 0.25) is 0 Å². The molecule has 4 nitrogen and oxygen atoms in total. The van der Waals surface area contributed by atoms with Gasteiger partial charge >= 0.3 is 0 Å². The molecule has 3 heterocycles. The average Bonchev–Trinajstić information content (AvgIpc) is 3.84. The highest BCUT2D eigenvalue weighted by Gasteiger charge is 2.24. The zero-order valence-electron chi connectivity index (χ0n) is 31.5. The second-order valence-corrected chi connectivity index (χ2v) is 15.2. The molecule has 0 aliphatic heterocycles. The third-order valence-electron chi connectivity index (χ3n) is 12.0. The Bertz CT molecular complexity index is 3780. The van der Waals surface area contributed by atoms with Crippen LogP contribution in [0.25, 0.3) is 115 Å². The van der Waals surface area contributed by atoms with Gasteiger partial charge in [-0.05, 0) is 63.0 Å². The number of aromatic nitrogens is 3. The standard InChI is InChI=1S/C50H24B5N3O/c51-41-38(42(52)44(54)45(55)43(41)53)26-11-9-12-27(24-26)46-35-21-20-25-10-1-2-13-28(25)47(35)57-50(56-46)58-36-19-8-7-16-31(36)33-22-23-37-40(48(33)58)39-32-17-5-3-14-29(32)30-15-4-6-18-34(30)49(39)59-37/h1-24H. The molecule has 0 saturated carbocycles. The minimum Gasteiger partial charge on any atom is -0.455 e. The van der Waals surface area contributed by atoms with Gasteiger partial charge < -0.3 is 4.42 Å². The summed E-state index contributed by atoms with van der Waals surface area (Å²) in [6.07, 6.45) is 0. The molecular formula is C50H24B5N3O. The third-order valence-corrected chi connectivity index (χ3v) is 12.0. The van der Waals surface area contributed by atoms with Crippen LogP contribution in [0, 0.1) is 0 Å². The quantitative estimate of drug-likeness (QED) is 0.141. The van der Waals surface area contributed by atoms with Crippen LogP contribution in [-0.2, 0) is 0 Å². The first-order valence-electron chi connectivity index (χ1n) is 19.4. The molecule has 10 radical (unpaired) electrons. The number of hydrogen-bond acceptors (Lipinski definition) is 3. The average molecular weight is 737 g/mol. The number of para-hydroxylation sites is 1. The highest BCUT2D eigenvalue weighted by molar-refractivity contribution is 6.68. The second-order valence-electron chi connectivity index (χ2n) is 15.2. The summed E-state index contributed by atoms with van der Waals surface area (Å²) < 4.78 is 9.09. The van der Waals surface area contributed by atoms with E-state index in [4.69, 9.17) is 53.6 Å². The lowest BCUT2D eigenvalue weighted by atomic mass is 9.59. The normalized spacial score (nSPS) is 12.1. The SMILES string of the molecule is [B]c1c([B])c([B])c(-c2cccc(-c3nc(-n4c5ccccc5c5ccc6oc7c8ccccc8c8ccccc8c7c6c54)nc4c3ccc3ccccc34)c2)c([B])c1[B]. The Balaban J connectivity index is 1.24. The fraction of sp³-hybridized carbons (Fsp3) is 0. The highest BCUT2D eigenvalue weighted by atomic mass is 16.3. The molecule has 12 aromatic rings. The molecule has 0 spiro atoms. The van der Waals surface area contributed by atoms with Crippen molar-refractivity contribution in [1.82, 2.24) is 14.5 Å². The second kappa shape index (κ2) is 12.5. The van der Waals surface area contributed by atoms with Crippen LogP contribution in [-0.4, -0.2) is 53.8 Å². The number of hydrogen-bond donors (Lipinski definition) is 0. The van der Waals surface area contributed by atoms with Crippen LogP contribution in [0.3, 0.4) is 0 Å². The molecule has 0 saturated heterocycles. The Kier molecular flexibility index (Phi) is 7.23. The molecular weight excluding hydrogens is 713 g/mol. The molecule has 0 N–H and O–H groups in total. The fourth-order valence-corrected chi connectivity index (χ4v) is 9.30. The van der Waals surface area contributed by atoms with Gasteiger partial charge in [-0.15, -0.1) is 16.4 Å². The van der Waals surface area contributed by atoms with Crippen molar-refractivity contribution >= 4 is 154 Å². The first-order valence-corrected chi connectivity index (χ1v) is 19.4. The molecule has 3 aromatic heterocycles. The molecule has 0 atom stereocenters. The lowest BCUT2D eigenvalue weighted by Gasteiger charge is -2.21. The lowest BCUT2D eigenvalue weighted by molar-refractivity contribution is 0.673. The topological polar surface area (TPSA) is 43.9 Å². The van der Waals surface area contributed by atoms with Gasteiger partial charge in [0.25, 0.3) is 0 Å². The number of nitrogens with zero attached hydrogens (tertiary/aromatic N) is 3. The van der Waals surface area contributed by atoms with Crippen LogP contribution in [0.5, 0.6) is 0 Å². The molecule has 9 heteroatoms. The van der Waals surface area contributed by atoms with Gasteiger partial charge in [-0.3, -0.25) is 4.57 Å². The predicted octanol–water partition coefficient (Wildman–Crippen LogP) is 7.39. The van der Waals surface area contributed by atoms with E-state index < -0.39 is 0 Å². The van der Waals surface area contributed by atoms with Crippen molar-refractivity contribution in [2.45, 2.75) is 0 Å². The van der Waals surface area contributed by atoms with E-state index >= 15 is 0 Å². The highest BCUT2D eigenvalue weighted by Crippen LogP contribution is 2.46. The number of fused-ring (bicyclic) bond motifs is 15. The molecule has 9 aromatic carbocycles. The summed E-state index contributed by atoms with van der Waals surface area (Å²) in [5.41, 5.74) is 8.33. The summed E-state index contributed by atoms with van der Waals surface area (Å²) in [6.45, 7) is 0. The van der Waals surface area contributed by atoms with Crippen molar-refractivity contribution in [3.63, 3.8) is 0 Å². The van der Waals surface area contributed by atoms with E-state index in [1.807, 2.05) is 36.4 Å². The summed E-state index contributed by atoms with van der Waals surface area (Å²) in [6, 6.07) is 50.2. The van der Waals surface area contributed by atoms with Crippen LogP contribution >= 0.6 is 0 Å². The zero-order chi connectivity index (χ0) is 39.7. The zero-order valence-corrected chi connectivity index (χ0v) is 31.5. The van der Waals surface area contributed by atoms with Crippen molar-refractivity contribution in [1.29, 1.82) is 0 Å². The minimum absolute atomic E-state index is 0.171. The van der Waals surface area contributed by atoms with Gasteiger partial charge in [-0.25, -0.2) is 9.97 Å². The van der Waals surface area contributed by atoms with Gasteiger partial charge in [-0.2, -0.15) is 0 Å². The predicted molar refractivity (Wildman–Crippen MR) is 251 cm³/mol. The molecule has 260 valence electrons. The van der Waals surface area contributed by atoms with E-state index in [1.165, 1.54) is 5.39 Å². The van der Waals surface area contributed by atoms with Crippen molar-refractivity contribution in [2.75, 3.05) is 0 Å². The Morgan fingerprint density at radius 3 is 1.83 bits per heavy atom. The van der Waals surface area contributed by atoms with Crippen molar-refractivity contribution < 1.29 is 4.42 Å².